The van der Waals surface area contributed by atoms with Gasteiger partial charge in [-0.25, -0.2) is 0 Å². The van der Waals surface area contributed by atoms with Crippen molar-refractivity contribution in [3.63, 3.8) is 0 Å². The molecule has 4 nitrogen and oxygen atoms in total. The zero-order valence-corrected chi connectivity index (χ0v) is 11.7. The minimum Gasteiger partial charge on any atom is -0.457 e. The molecule has 0 radical (unpaired) electrons. The number of carbonyl (C=O) groups excluding carboxylic acids is 1. The first-order valence-electron chi connectivity index (χ1n) is 6.82. The van der Waals surface area contributed by atoms with Crippen molar-refractivity contribution in [3.8, 4) is 0 Å². The monoisotopic (exact) mass is 281 g/mol. The third kappa shape index (κ3) is 2.94. The van der Waals surface area contributed by atoms with Crippen LogP contribution in [-0.2, 0) is 16.0 Å². The molecular formula is C17H15NO3. The molecule has 106 valence electrons. The van der Waals surface area contributed by atoms with Crippen molar-refractivity contribution >= 4 is 16.9 Å². The molecule has 0 amide bonds. The molecule has 1 heterocycles. The predicted octanol–water partition coefficient (Wildman–Crippen LogP) is 3.67. The fourth-order valence-electron chi connectivity index (χ4n) is 2.23. The first-order valence-corrected chi connectivity index (χ1v) is 6.82. The van der Waals surface area contributed by atoms with E-state index in [9.17, 15) is 4.79 Å². The quantitative estimate of drug-likeness (QED) is 0.685. The van der Waals surface area contributed by atoms with Gasteiger partial charge in [0.05, 0.1) is 6.42 Å². The van der Waals surface area contributed by atoms with Gasteiger partial charge < -0.3 is 9.26 Å². The highest BCUT2D eigenvalue weighted by Crippen LogP contribution is 2.20. The normalized spacial score (nSPS) is 12.2. The molecule has 3 rings (SSSR count). The highest BCUT2D eigenvalue weighted by Gasteiger charge is 2.16. The van der Waals surface area contributed by atoms with E-state index in [2.05, 4.69) is 5.16 Å². The molecule has 1 aromatic heterocycles. The van der Waals surface area contributed by atoms with E-state index in [0.29, 0.717) is 11.3 Å². The Balaban J connectivity index is 1.69. The number of ether oxygens (including phenoxy) is 1. The van der Waals surface area contributed by atoms with E-state index in [1.54, 1.807) is 0 Å². The molecular weight excluding hydrogens is 266 g/mol. The summed E-state index contributed by atoms with van der Waals surface area (Å²) in [6.07, 6.45) is -0.175. The Morgan fingerprint density at radius 2 is 1.86 bits per heavy atom. The fourth-order valence-corrected chi connectivity index (χ4v) is 2.23. The Labute approximate surface area is 122 Å². The van der Waals surface area contributed by atoms with Crippen LogP contribution in [0.5, 0.6) is 0 Å². The van der Waals surface area contributed by atoms with Gasteiger partial charge in [0, 0.05) is 5.39 Å². The number of rotatable bonds is 4. The molecule has 3 aromatic rings. The second-order valence-corrected chi connectivity index (χ2v) is 4.84. The van der Waals surface area contributed by atoms with Gasteiger partial charge in [-0.05, 0) is 24.6 Å². The van der Waals surface area contributed by atoms with Gasteiger partial charge in [0.2, 0.25) is 0 Å². The topological polar surface area (TPSA) is 52.3 Å². The van der Waals surface area contributed by atoms with Crippen LogP contribution in [0.3, 0.4) is 0 Å². The number of esters is 1. The molecule has 0 aliphatic rings. The number of benzene rings is 2. The predicted molar refractivity (Wildman–Crippen MR) is 78.7 cm³/mol. The molecule has 0 bridgehead atoms. The second-order valence-electron chi connectivity index (χ2n) is 4.84. The Morgan fingerprint density at radius 1 is 1.14 bits per heavy atom. The van der Waals surface area contributed by atoms with Crippen LogP contribution >= 0.6 is 0 Å². The lowest BCUT2D eigenvalue weighted by molar-refractivity contribution is -0.147. The third-order valence-electron chi connectivity index (χ3n) is 3.34. The standard InChI is InChI=1S/C17H15NO3/c1-12(13-7-3-2-4-8-13)20-17(19)11-15-14-9-5-6-10-16(14)21-18-15/h2-10,12H,11H2,1H3/t12-/m0/s1. The van der Waals surface area contributed by atoms with Crippen molar-refractivity contribution in [3.05, 3.63) is 65.9 Å². The van der Waals surface area contributed by atoms with Gasteiger partial charge in [-0.1, -0.05) is 47.6 Å². The lowest BCUT2D eigenvalue weighted by atomic mass is 10.1. The summed E-state index contributed by atoms with van der Waals surface area (Å²) in [6.45, 7) is 1.86. The lowest BCUT2D eigenvalue weighted by Gasteiger charge is -2.12. The highest BCUT2D eigenvalue weighted by atomic mass is 16.5. The molecule has 2 aromatic carbocycles. The van der Waals surface area contributed by atoms with E-state index in [-0.39, 0.29) is 18.5 Å². The summed E-state index contributed by atoms with van der Waals surface area (Å²) in [7, 11) is 0. The first-order chi connectivity index (χ1) is 10.2. The number of fused-ring (bicyclic) bond motifs is 1. The largest absolute Gasteiger partial charge is 0.457 e. The summed E-state index contributed by atoms with van der Waals surface area (Å²) in [5.41, 5.74) is 2.25. The number of hydrogen-bond acceptors (Lipinski definition) is 4. The van der Waals surface area contributed by atoms with E-state index in [0.717, 1.165) is 10.9 Å². The molecule has 21 heavy (non-hydrogen) atoms. The average Bonchev–Trinajstić information content (AvgIpc) is 2.91. The molecule has 0 saturated heterocycles. The van der Waals surface area contributed by atoms with E-state index >= 15 is 0 Å². The van der Waals surface area contributed by atoms with E-state index in [1.165, 1.54) is 0 Å². The van der Waals surface area contributed by atoms with Crippen LogP contribution in [0.4, 0.5) is 0 Å². The second kappa shape index (κ2) is 5.79. The molecule has 0 saturated carbocycles. The Bertz CT molecular complexity index is 749. The number of nitrogens with zero attached hydrogens (tertiary/aromatic N) is 1. The third-order valence-corrected chi connectivity index (χ3v) is 3.34. The molecule has 0 aliphatic carbocycles. The Hall–Kier alpha value is -2.62. The summed E-state index contributed by atoms with van der Waals surface area (Å²) >= 11 is 0. The number of para-hydroxylation sites is 1. The molecule has 0 unspecified atom stereocenters. The molecule has 4 heteroatoms. The smallest absolute Gasteiger partial charge is 0.312 e. The van der Waals surface area contributed by atoms with Gasteiger partial charge in [-0.2, -0.15) is 0 Å². The van der Waals surface area contributed by atoms with Crippen LogP contribution in [-0.4, -0.2) is 11.1 Å². The van der Waals surface area contributed by atoms with Crippen molar-refractivity contribution in [2.75, 3.05) is 0 Å². The number of aromatic nitrogens is 1. The van der Waals surface area contributed by atoms with Crippen LogP contribution in [0.1, 0.15) is 24.3 Å². The maximum atomic E-state index is 12.0. The Kier molecular flexibility index (Phi) is 3.69. The van der Waals surface area contributed by atoms with E-state index in [4.69, 9.17) is 9.26 Å². The summed E-state index contributed by atoms with van der Waals surface area (Å²) in [6, 6.07) is 17.1. The van der Waals surface area contributed by atoms with Gasteiger partial charge in [-0.15, -0.1) is 0 Å². The summed E-state index contributed by atoms with van der Waals surface area (Å²) in [5, 5.41) is 4.79. The average molecular weight is 281 g/mol. The fraction of sp³-hybridized carbons (Fsp3) is 0.176. The van der Waals surface area contributed by atoms with E-state index < -0.39 is 0 Å². The molecule has 0 spiro atoms. The van der Waals surface area contributed by atoms with Crippen LogP contribution in [0, 0.1) is 0 Å². The summed E-state index contributed by atoms with van der Waals surface area (Å²) in [4.78, 5) is 12.0. The molecule has 1 atom stereocenters. The van der Waals surface area contributed by atoms with Gasteiger partial charge in [0.25, 0.3) is 0 Å². The summed E-state index contributed by atoms with van der Waals surface area (Å²) in [5.74, 6) is -0.314. The minimum absolute atomic E-state index is 0.105. The van der Waals surface area contributed by atoms with Gasteiger partial charge in [0.1, 0.15) is 11.8 Å². The van der Waals surface area contributed by atoms with Crippen LogP contribution < -0.4 is 0 Å². The molecule has 0 N–H and O–H groups in total. The maximum Gasteiger partial charge on any atom is 0.312 e. The van der Waals surface area contributed by atoms with E-state index in [1.807, 2.05) is 61.5 Å². The van der Waals surface area contributed by atoms with Crippen LogP contribution in [0.2, 0.25) is 0 Å². The van der Waals surface area contributed by atoms with Gasteiger partial charge in [-0.3, -0.25) is 4.79 Å². The van der Waals surface area contributed by atoms with Gasteiger partial charge in [0.15, 0.2) is 5.58 Å². The number of carbonyl (C=O) groups is 1. The highest BCUT2D eigenvalue weighted by molar-refractivity contribution is 5.84. The minimum atomic E-state index is -0.314. The lowest BCUT2D eigenvalue weighted by Crippen LogP contribution is -2.11. The first kappa shape index (κ1) is 13.4. The summed E-state index contributed by atoms with van der Waals surface area (Å²) < 4.78 is 10.6. The SMILES string of the molecule is C[C@H](OC(=O)Cc1noc2ccccc12)c1ccccc1. The zero-order chi connectivity index (χ0) is 14.7. The maximum absolute atomic E-state index is 12.0. The zero-order valence-electron chi connectivity index (χ0n) is 11.7. The van der Waals surface area contributed by atoms with Crippen molar-refractivity contribution in [2.24, 2.45) is 0 Å². The van der Waals surface area contributed by atoms with Gasteiger partial charge >= 0.3 is 5.97 Å². The van der Waals surface area contributed by atoms with Crippen LogP contribution in [0.25, 0.3) is 11.0 Å². The van der Waals surface area contributed by atoms with Crippen molar-refractivity contribution in [1.29, 1.82) is 0 Å². The number of hydrogen-bond donors (Lipinski definition) is 0. The Morgan fingerprint density at radius 3 is 2.67 bits per heavy atom. The van der Waals surface area contributed by atoms with Crippen molar-refractivity contribution in [1.82, 2.24) is 5.16 Å². The van der Waals surface area contributed by atoms with Crippen molar-refractivity contribution < 1.29 is 14.1 Å². The van der Waals surface area contributed by atoms with Crippen LogP contribution in [0.15, 0.2) is 59.1 Å². The van der Waals surface area contributed by atoms with Crippen molar-refractivity contribution in [2.45, 2.75) is 19.4 Å². The molecule has 0 fully saturated rings. The molecule has 0 aliphatic heterocycles.